The van der Waals surface area contributed by atoms with Crippen molar-refractivity contribution in [1.82, 2.24) is 9.78 Å². The second-order valence-corrected chi connectivity index (χ2v) is 5.70. The standard InChI is InChI=1S/C12H19BrN2/c1-9-6-11(15(3)14-9)7-12(2,8-13)10-4-5-10/h6,10H,4-5,7-8H2,1-3H3. The number of alkyl halides is 1. The highest BCUT2D eigenvalue weighted by Gasteiger charge is 2.41. The van der Waals surface area contributed by atoms with Gasteiger partial charge in [0.25, 0.3) is 0 Å². The molecule has 0 amide bonds. The van der Waals surface area contributed by atoms with Crippen molar-refractivity contribution in [2.45, 2.75) is 33.1 Å². The van der Waals surface area contributed by atoms with Crippen LogP contribution in [-0.2, 0) is 13.5 Å². The Morgan fingerprint density at radius 1 is 1.60 bits per heavy atom. The van der Waals surface area contributed by atoms with E-state index in [2.05, 4.69) is 40.9 Å². The highest BCUT2D eigenvalue weighted by atomic mass is 79.9. The van der Waals surface area contributed by atoms with Crippen molar-refractivity contribution < 1.29 is 0 Å². The van der Waals surface area contributed by atoms with Crippen LogP contribution in [0.1, 0.15) is 31.2 Å². The van der Waals surface area contributed by atoms with Gasteiger partial charge < -0.3 is 0 Å². The summed E-state index contributed by atoms with van der Waals surface area (Å²) in [4.78, 5) is 0. The van der Waals surface area contributed by atoms with Gasteiger partial charge in [0, 0.05) is 18.1 Å². The second-order valence-electron chi connectivity index (χ2n) is 5.14. The molecule has 1 aliphatic carbocycles. The van der Waals surface area contributed by atoms with Crippen molar-refractivity contribution in [1.29, 1.82) is 0 Å². The van der Waals surface area contributed by atoms with E-state index in [4.69, 9.17) is 0 Å². The van der Waals surface area contributed by atoms with Crippen LogP contribution in [0.2, 0.25) is 0 Å². The molecule has 1 saturated carbocycles. The fraction of sp³-hybridized carbons (Fsp3) is 0.750. The van der Waals surface area contributed by atoms with E-state index in [0.717, 1.165) is 23.4 Å². The molecule has 1 aromatic rings. The van der Waals surface area contributed by atoms with Gasteiger partial charge in [-0.3, -0.25) is 4.68 Å². The zero-order valence-electron chi connectivity index (χ0n) is 9.76. The molecule has 0 aliphatic heterocycles. The van der Waals surface area contributed by atoms with Crippen molar-refractivity contribution in [2.75, 3.05) is 5.33 Å². The van der Waals surface area contributed by atoms with Gasteiger partial charge in [0.2, 0.25) is 0 Å². The Morgan fingerprint density at radius 3 is 2.67 bits per heavy atom. The van der Waals surface area contributed by atoms with Gasteiger partial charge in [-0.25, -0.2) is 0 Å². The predicted molar refractivity (Wildman–Crippen MR) is 66.3 cm³/mol. The molecule has 2 rings (SSSR count). The van der Waals surface area contributed by atoms with Crippen LogP contribution in [-0.4, -0.2) is 15.1 Å². The van der Waals surface area contributed by atoms with Gasteiger partial charge in [0.1, 0.15) is 0 Å². The minimum atomic E-state index is 0.417. The number of hydrogen-bond acceptors (Lipinski definition) is 1. The highest BCUT2D eigenvalue weighted by molar-refractivity contribution is 9.09. The molecular weight excluding hydrogens is 252 g/mol. The molecule has 15 heavy (non-hydrogen) atoms. The Hall–Kier alpha value is -0.310. The fourth-order valence-corrected chi connectivity index (χ4v) is 2.98. The summed E-state index contributed by atoms with van der Waals surface area (Å²) in [5.41, 5.74) is 2.90. The van der Waals surface area contributed by atoms with Crippen LogP contribution in [0.15, 0.2) is 6.07 Å². The molecule has 0 spiro atoms. The summed E-state index contributed by atoms with van der Waals surface area (Å²) in [6.45, 7) is 4.45. The first-order chi connectivity index (χ1) is 7.05. The van der Waals surface area contributed by atoms with E-state index in [-0.39, 0.29) is 0 Å². The summed E-state index contributed by atoms with van der Waals surface area (Å²) in [5.74, 6) is 0.909. The Labute approximate surface area is 100 Å². The maximum absolute atomic E-state index is 4.41. The van der Waals surface area contributed by atoms with Gasteiger partial charge in [0.05, 0.1) is 5.69 Å². The monoisotopic (exact) mass is 270 g/mol. The lowest BCUT2D eigenvalue weighted by molar-refractivity contribution is 0.311. The third-order valence-corrected chi connectivity index (χ3v) is 4.83. The SMILES string of the molecule is Cc1cc(CC(C)(CBr)C2CC2)n(C)n1. The van der Waals surface area contributed by atoms with E-state index >= 15 is 0 Å². The first kappa shape index (κ1) is 11.2. The van der Waals surface area contributed by atoms with Gasteiger partial charge in [-0.2, -0.15) is 5.10 Å². The smallest absolute Gasteiger partial charge is 0.0596 e. The molecule has 1 unspecified atom stereocenters. The van der Waals surface area contributed by atoms with Crippen molar-refractivity contribution >= 4 is 15.9 Å². The average Bonchev–Trinajstić information content (AvgIpc) is 2.96. The molecule has 1 fully saturated rings. The molecule has 0 aromatic carbocycles. The summed E-state index contributed by atoms with van der Waals surface area (Å²) in [5, 5.41) is 5.50. The van der Waals surface area contributed by atoms with E-state index in [1.165, 1.54) is 18.5 Å². The van der Waals surface area contributed by atoms with Crippen molar-refractivity contribution in [3.63, 3.8) is 0 Å². The highest BCUT2D eigenvalue weighted by Crippen LogP contribution is 2.48. The lowest BCUT2D eigenvalue weighted by atomic mass is 9.82. The van der Waals surface area contributed by atoms with E-state index in [9.17, 15) is 0 Å². The Kier molecular flexibility index (Phi) is 2.93. The first-order valence-corrected chi connectivity index (χ1v) is 6.73. The maximum Gasteiger partial charge on any atom is 0.0596 e. The first-order valence-electron chi connectivity index (χ1n) is 5.60. The molecule has 3 heteroatoms. The van der Waals surface area contributed by atoms with E-state index in [0.29, 0.717) is 5.41 Å². The van der Waals surface area contributed by atoms with Crippen LogP contribution in [0.5, 0.6) is 0 Å². The summed E-state index contributed by atoms with van der Waals surface area (Å²) >= 11 is 3.67. The van der Waals surface area contributed by atoms with Crippen LogP contribution in [0.3, 0.4) is 0 Å². The van der Waals surface area contributed by atoms with E-state index in [1.807, 2.05) is 11.7 Å². The molecule has 1 atom stereocenters. The van der Waals surface area contributed by atoms with Gasteiger partial charge >= 0.3 is 0 Å². The molecule has 0 bridgehead atoms. The molecule has 1 aliphatic rings. The largest absolute Gasteiger partial charge is 0.272 e. The zero-order chi connectivity index (χ0) is 11.1. The Morgan fingerprint density at radius 2 is 2.27 bits per heavy atom. The number of aromatic nitrogens is 2. The number of halogens is 1. The maximum atomic E-state index is 4.41. The predicted octanol–water partition coefficient (Wildman–Crippen LogP) is 3.08. The third-order valence-electron chi connectivity index (χ3n) is 3.55. The van der Waals surface area contributed by atoms with Crippen molar-refractivity contribution in [3.8, 4) is 0 Å². The minimum Gasteiger partial charge on any atom is -0.272 e. The van der Waals surface area contributed by atoms with Crippen molar-refractivity contribution in [2.24, 2.45) is 18.4 Å². The van der Waals surface area contributed by atoms with E-state index < -0.39 is 0 Å². The second kappa shape index (κ2) is 3.93. The third kappa shape index (κ3) is 2.27. The topological polar surface area (TPSA) is 17.8 Å². The normalized spacial score (nSPS) is 20.3. The van der Waals surface area contributed by atoms with Crippen LogP contribution in [0, 0.1) is 18.3 Å². The number of nitrogens with zero attached hydrogens (tertiary/aromatic N) is 2. The van der Waals surface area contributed by atoms with Gasteiger partial charge in [-0.15, -0.1) is 0 Å². The quantitative estimate of drug-likeness (QED) is 0.769. The van der Waals surface area contributed by atoms with Gasteiger partial charge in [-0.1, -0.05) is 22.9 Å². The minimum absolute atomic E-state index is 0.417. The van der Waals surface area contributed by atoms with Crippen LogP contribution >= 0.6 is 15.9 Å². The molecule has 0 radical (unpaired) electrons. The molecule has 0 saturated heterocycles. The summed E-state index contributed by atoms with van der Waals surface area (Å²) < 4.78 is 2.03. The Balaban J connectivity index is 2.15. The van der Waals surface area contributed by atoms with Crippen LogP contribution < -0.4 is 0 Å². The summed E-state index contributed by atoms with van der Waals surface area (Å²) in [7, 11) is 2.05. The average molecular weight is 271 g/mol. The summed E-state index contributed by atoms with van der Waals surface area (Å²) in [6.07, 6.45) is 3.94. The molecule has 1 aromatic heterocycles. The number of aryl methyl sites for hydroxylation is 2. The lowest BCUT2D eigenvalue weighted by Gasteiger charge is -2.27. The van der Waals surface area contributed by atoms with Crippen LogP contribution in [0.25, 0.3) is 0 Å². The molecule has 84 valence electrons. The van der Waals surface area contributed by atoms with E-state index in [1.54, 1.807) is 0 Å². The molecule has 1 heterocycles. The van der Waals surface area contributed by atoms with Crippen LogP contribution in [0.4, 0.5) is 0 Å². The zero-order valence-corrected chi connectivity index (χ0v) is 11.3. The number of hydrogen-bond donors (Lipinski definition) is 0. The summed E-state index contributed by atoms with van der Waals surface area (Å²) in [6, 6.07) is 2.21. The molecule has 2 nitrogen and oxygen atoms in total. The number of rotatable bonds is 4. The van der Waals surface area contributed by atoms with Gasteiger partial charge in [-0.05, 0) is 43.6 Å². The lowest BCUT2D eigenvalue weighted by Crippen LogP contribution is -2.25. The molecular formula is C12H19BrN2. The van der Waals surface area contributed by atoms with Crippen molar-refractivity contribution in [3.05, 3.63) is 17.5 Å². The Bertz CT molecular complexity index is 355. The van der Waals surface area contributed by atoms with Gasteiger partial charge in [0.15, 0.2) is 0 Å². The molecule has 0 N–H and O–H groups in total. The fourth-order valence-electron chi connectivity index (χ4n) is 2.32.